The molecule has 260 valence electrons. The quantitative estimate of drug-likeness (QED) is 0.163. The lowest BCUT2D eigenvalue weighted by atomic mass is 9.90. The maximum absolute atomic E-state index is 14.8. The van der Waals surface area contributed by atoms with E-state index in [2.05, 4.69) is 36.2 Å². The van der Waals surface area contributed by atoms with Crippen molar-refractivity contribution < 1.29 is 27.4 Å². The number of benzene rings is 4. The number of halogens is 3. The van der Waals surface area contributed by atoms with E-state index < -0.39 is 11.7 Å². The number of rotatable bonds is 12. The minimum atomic E-state index is -4.46. The maximum atomic E-state index is 14.8. The molecular weight excluding hydrogens is 627 g/mol. The zero-order valence-corrected chi connectivity index (χ0v) is 29.0. The Balaban J connectivity index is 1.61. The smallest absolute Gasteiger partial charge is 0.416 e. The standard InChI is InChI=1S/C40H46F3N3O3/c1-6-8-28(7-2)30-24-37(48-4)36(38(25-30)49-5)26-46(33-16-14-32(15-17-33)45-21-19-44-20-22-45)39(47)34-18-9-27(3)23-35(34)29-10-12-31(13-11-29)40(41,42)43/h9-18,23-25,28,44H,6-8,19-22,26H2,1-5H3/t28-/m1/s1. The van der Waals surface area contributed by atoms with Crippen LogP contribution in [-0.2, 0) is 12.7 Å². The van der Waals surface area contributed by atoms with Crippen LogP contribution in [0.25, 0.3) is 11.1 Å². The van der Waals surface area contributed by atoms with Gasteiger partial charge in [0.2, 0.25) is 0 Å². The van der Waals surface area contributed by atoms with Crippen LogP contribution in [0.15, 0.2) is 78.9 Å². The molecule has 4 aromatic carbocycles. The van der Waals surface area contributed by atoms with Gasteiger partial charge < -0.3 is 24.6 Å². The Hall–Kier alpha value is -4.50. The van der Waals surface area contributed by atoms with E-state index in [1.54, 1.807) is 25.2 Å². The summed E-state index contributed by atoms with van der Waals surface area (Å²) in [6, 6.07) is 22.5. The Morgan fingerprint density at radius 1 is 0.898 bits per heavy atom. The van der Waals surface area contributed by atoms with Crippen molar-refractivity contribution in [2.24, 2.45) is 0 Å². The third kappa shape index (κ3) is 8.21. The molecule has 6 nitrogen and oxygen atoms in total. The van der Waals surface area contributed by atoms with E-state index in [0.29, 0.717) is 39.8 Å². The summed E-state index contributed by atoms with van der Waals surface area (Å²) in [4.78, 5) is 18.8. The van der Waals surface area contributed by atoms with E-state index in [1.807, 2.05) is 43.3 Å². The van der Waals surface area contributed by atoms with Gasteiger partial charge in [-0.15, -0.1) is 0 Å². The molecule has 0 bridgehead atoms. The van der Waals surface area contributed by atoms with Crippen LogP contribution in [0.3, 0.4) is 0 Å². The summed E-state index contributed by atoms with van der Waals surface area (Å²) in [5.41, 5.74) is 5.19. The lowest BCUT2D eigenvalue weighted by Gasteiger charge is -2.30. The fraction of sp³-hybridized carbons (Fsp3) is 0.375. The molecule has 9 heteroatoms. The largest absolute Gasteiger partial charge is 0.496 e. The second-order valence-electron chi connectivity index (χ2n) is 12.6. The first-order valence-electron chi connectivity index (χ1n) is 17.0. The van der Waals surface area contributed by atoms with Crippen LogP contribution in [0.1, 0.15) is 71.6 Å². The van der Waals surface area contributed by atoms with Crippen molar-refractivity contribution in [3.63, 3.8) is 0 Å². The summed E-state index contributed by atoms with van der Waals surface area (Å²) < 4.78 is 52.1. The topological polar surface area (TPSA) is 54.0 Å². The van der Waals surface area contributed by atoms with Gasteiger partial charge in [-0.1, -0.05) is 50.1 Å². The molecule has 1 N–H and O–H groups in total. The monoisotopic (exact) mass is 673 g/mol. The van der Waals surface area contributed by atoms with Gasteiger partial charge in [-0.25, -0.2) is 0 Å². The molecular formula is C40H46F3N3O3. The number of hydrogen-bond donors (Lipinski definition) is 1. The third-order valence-electron chi connectivity index (χ3n) is 9.37. The molecule has 1 aliphatic rings. The number of carbonyl (C=O) groups is 1. The number of alkyl halides is 3. The molecule has 0 spiro atoms. The van der Waals surface area contributed by atoms with Crippen LogP contribution in [0.4, 0.5) is 24.5 Å². The van der Waals surface area contributed by atoms with Crippen LogP contribution in [0.2, 0.25) is 0 Å². The Morgan fingerprint density at radius 2 is 1.53 bits per heavy atom. The van der Waals surface area contributed by atoms with Gasteiger partial charge in [0.15, 0.2) is 0 Å². The SMILES string of the molecule is CCC[C@@H](CC)c1cc(OC)c(CN(C(=O)c2ccc(C)cc2-c2ccc(C(F)(F)F)cc2)c2ccc(N3CCNCC3)cc2)c(OC)c1. The van der Waals surface area contributed by atoms with Crippen LogP contribution in [0.5, 0.6) is 11.5 Å². The van der Waals surface area contributed by atoms with Crippen LogP contribution >= 0.6 is 0 Å². The Labute approximate surface area is 287 Å². The number of amides is 1. The van der Waals surface area contributed by atoms with Crippen molar-refractivity contribution in [3.05, 3.63) is 107 Å². The van der Waals surface area contributed by atoms with Gasteiger partial charge >= 0.3 is 6.18 Å². The van der Waals surface area contributed by atoms with E-state index >= 15 is 0 Å². The summed E-state index contributed by atoms with van der Waals surface area (Å²) in [6.45, 7) is 9.97. The number of aryl methyl sites for hydroxylation is 1. The summed E-state index contributed by atoms with van der Waals surface area (Å²) >= 11 is 0. The van der Waals surface area contributed by atoms with Gasteiger partial charge in [0.1, 0.15) is 11.5 Å². The summed E-state index contributed by atoms with van der Waals surface area (Å²) in [5, 5.41) is 3.38. The highest BCUT2D eigenvalue weighted by Gasteiger charge is 2.31. The number of piperazine rings is 1. The van der Waals surface area contributed by atoms with Crippen molar-refractivity contribution in [1.82, 2.24) is 5.32 Å². The normalized spacial score (nSPS) is 14.0. The minimum Gasteiger partial charge on any atom is -0.496 e. The minimum absolute atomic E-state index is 0.142. The zero-order valence-electron chi connectivity index (χ0n) is 29.0. The number of carbonyl (C=O) groups excluding carboxylic acids is 1. The molecule has 0 aliphatic carbocycles. The fourth-order valence-electron chi connectivity index (χ4n) is 6.62. The van der Waals surface area contributed by atoms with E-state index in [1.165, 1.54) is 12.1 Å². The van der Waals surface area contributed by atoms with Gasteiger partial charge in [0, 0.05) is 43.1 Å². The van der Waals surface area contributed by atoms with Crippen LogP contribution < -0.4 is 24.6 Å². The predicted molar refractivity (Wildman–Crippen MR) is 191 cm³/mol. The number of anilines is 2. The van der Waals surface area contributed by atoms with E-state index in [4.69, 9.17) is 9.47 Å². The Kier molecular flexibility index (Phi) is 11.5. The molecule has 0 radical (unpaired) electrons. The molecule has 4 aromatic rings. The number of ether oxygens (including phenoxy) is 2. The second-order valence-corrected chi connectivity index (χ2v) is 12.6. The Bertz CT molecular complexity index is 1690. The van der Waals surface area contributed by atoms with E-state index in [9.17, 15) is 18.0 Å². The van der Waals surface area contributed by atoms with Gasteiger partial charge in [-0.2, -0.15) is 13.2 Å². The fourth-order valence-corrected chi connectivity index (χ4v) is 6.62. The number of nitrogens with one attached hydrogen (secondary N) is 1. The first-order valence-corrected chi connectivity index (χ1v) is 17.0. The van der Waals surface area contributed by atoms with Gasteiger partial charge in [0.25, 0.3) is 5.91 Å². The summed E-state index contributed by atoms with van der Waals surface area (Å²) in [5.74, 6) is 1.31. The highest BCUT2D eigenvalue weighted by Crippen LogP contribution is 2.39. The van der Waals surface area contributed by atoms with Crippen molar-refractivity contribution in [2.75, 3.05) is 50.2 Å². The molecule has 1 saturated heterocycles. The molecule has 5 rings (SSSR count). The van der Waals surface area contributed by atoms with Crippen molar-refractivity contribution in [2.45, 2.75) is 58.7 Å². The molecule has 1 fully saturated rings. The average Bonchev–Trinajstić information content (AvgIpc) is 3.12. The van der Waals surface area contributed by atoms with Crippen LogP contribution in [-0.4, -0.2) is 46.3 Å². The molecule has 1 aliphatic heterocycles. The van der Waals surface area contributed by atoms with Gasteiger partial charge in [-0.05, 0) is 97.0 Å². The molecule has 0 unspecified atom stereocenters. The van der Waals surface area contributed by atoms with E-state index in [0.717, 1.165) is 80.0 Å². The third-order valence-corrected chi connectivity index (χ3v) is 9.37. The number of hydrogen-bond acceptors (Lipinski definition) is 5. The average molecular weight is 674 g/mol. The highest BCUT2D eigenvalue weighted by molar-refractivity contribution is 6.10. The lowest BCUT2D eigenvalue weighted by molar-refractivity contribution is -0.137. The lowest BCUT2D eigenvalue weighted by Crippen LogP contribution is -2.43. The van der Waals surface area contributed by atoms with Gasteiger partial charge in [0.05, 0.1) is 31.9 Å². The van der Waals surface area contributed by atoms with Crippen LogP contribution in [0, 0.1) is 6.92 Å². The molecule has 49 heavy (non-hydrogen) atoms. The van der Waals surface area contributed by atoms with Crippen molar-refractivity contribution in [1.29, 1.82) is 0 Å². The van der Waals surface area contributed by atoms with E-state index in [-0.39, 0.29) is 12.5 Å². The molecule has 1 amide bonds. The molecule has 1 atom stereocenters. The second kappa shape index (κ2) is 15.8. The maximum Gasteiger partial charge on any atom is 0.416 e. The van der Waals surface area contributed by atoms with Gasteiger partial charge in [-0.3, -0.25) is 4.79 Å². The molecule has 0 aromatic heterocycles. The molecule has 0 saturated carbocycles. The highest BCUT2D eigenvalue weighted by atomic mass is 19.4. The van der Waals surface area contributed by atoms with Crippen molar-refractivity contribution >= 4 is 17.3 Å². The number of nitrogens with zero attached hydrogens (tertiary/aromatic N) is 2. The number of methoxy groups -OCH3 is 2. The summed E-state index contributed by atoms with van der Waals surface area (Å²) in [6.07, 6.45) is -1.40. The predicted octanol–water partition coefficient (Wildman–Crippen LogP) is 9.25. The molecule has 1 heterocycles. The first kappa shape index (κ1) is 35.8. The summed E-state index contributed by atoms with van der Waals surface area (Å²) in [7, 11) is 3.25. The Morgan fingerprint density at radius 3 is 2.08 bits per heavy atom. The zero-order chi connectivity index (χ0) is 35.1. The first-order chi connectivity index (χ1) is 23.6. The van der Waals surface area contributed by atoms with Crippen molar-refractivity contribution in [3.8, 4) is 22.6 Å².